The Morgan fingerprint density at radius 2 is 1.81 bits per heavy atom. The molecule has 128 valence electrons. The summed E-state index contributed by atoms with van der Waals surface area (Å²) in [6, 6.07) is 15.4. The number of hydrogen-bond acceptors (Lipinski definition) is 3. The van der Waals surface area contributed by atoms with Crippen LogP contribution in [0.4, 0.5) is 5.69 Å². The van der Waals surface area contributed by atoms with Gasteiger partial charge in [-0.05, 0) is 18.1 Å². The number of rotatable bonds is 1. The highest BCUT2D eigenvalue weighted by Gasteiger charge is 2.52. The predicted molar refractivity (Wildman–Crippen MR) is 99.2 cm³/mol. The molecule has 3 heterocycles. The quantitative estimate of drug-likeness (QED) is 0.739. The second-order valence-corrected chi connectivity index (χ2v) is 6.90. The van der Waals surface area contributed by atoms with Gasteiger partial charge in [0, 0.05) is 35.6 Å². The Labute approximate surface area is 150 Å². The topological polar surface area (TPSA) is 62.3 Å². The van der Waals surface area contributed by atoms with E-state index in [1.165, 1.54) is 0 Å². The summed E-state index contributed by atoms with van der Waals surface area (Å²) < 4.78 is 0. The maximum Gasteiger partial charge on any atom is 0.251 e. The smallest absolute Gasteiger partial charge is 0.251 e. The molecule has 1 aromatic heterocycles. The van der Waals surface area contributed by atoms with E-state index in [1.807, 2.05) is 53.6 Å². The van der Waals surface area contributed by atoms with Crippen molar-refractivity contribution in [3.05, 3.63) is 72.1 Å². The molecule has 1 atom stereocenters. The molecule has 1 unspecified atom stereocenters. The number of nitrogens with zero attached hydrogens (tertiary/aromatic N) is 2. The minimum atomic E-state index is -0.693. The number of aromatic nitrogens is 1. The average molecular weight is 343 g/mol. The molecule has 0 bridgehead atoms. The van der Waals surface area contributed by atoms with Gasteiger partial charge in [-0.1, -0.05) is 42.5 Å². The van der Waals surface area contributed by atoms with Gasteiger partial charge in [0.1, 0.15) is 0 Å². The lowest BCUT2D eigenvalue weighted by Gasteiger charge is -2.34. The summed E-state index contributed by atoms with van der Waals surface area (Å²) in [5, 5.41) is 4.93. The second-order valence-electron chi connectivity index (χ2n) is 6.90. The van der Waals surface area contributed by atoms with Crippen molar-refractivity contribution < 1.29 is 9.59 Å². The molecule has 5 rings (SSSR count). The molecule has 5 nitrogen and oxygen atoms in total. The Kier molecular flexibility index (Phi) is 3.13. The van der Waals surface area contributed by atoms with E-state index in [2.05, 4.69) is 10.3 Å². The molecule has 0 radical (unpaired) electrons. The van der Waals surface area contributed by atoms with Crippen LogP contribution >= 0.6 is 0 Å². The van der Waals surface area contributed by atoms with Crippen LogP contribution in [0.25, 0.3) is 10.8 Å². The molecule has 3 aromatic rings. The van der Waals surface area contributed by atoms with Crippen molar-refractivity contribution in [1.29, 1.82) is 0 Å². The normalized spacial score (nSPS) is 21.9. The maximum absolute atomic E-state index is 13.5. The molecular formula is C21H17N3O2. The van der Waals surface area contributed by atoms with Crippen molar-refractivity contribution >= 4 is 28.3 Å². The third kappa shape index (κ3) is 1.94. The van der Waals surface area contributed by atoms with Gasteiger partial charge in [-0.2, -0.15) is 0 Å². The molecule has 2 aliphatic heterocycles. The second kappa shape index (κ2) is 5.39. The van der Waals surface area contributed by atoms with Crippen molar-refractivity contribution in [1.82, 2.24) is 10.3 Å². The fourth-order valence-corrected chi connectivity index (χ4v) is 4.25. The number of benzene rings is 2. The predicted octanol–water partition coefficient (Wildman–Crippen LogP) is 2.65. The van der Waals surface area contributed by atoms with Gasteiger partial charge in [0.25, 0.3) is 5.91 Å². The molecular weight excluding hydrogens is 326 g/mol. The van der Waals surface area contributed by atoms with Gasteiger partial charge in [0.05, 0.1) is 17.3 Å². The Morgan fingerprint density at radius 1 is 1.00 bits per heavy atom. The van der Waals surface area contributed by atoms with Crippen molar-refractivity contribution in [2.45, 2.75) is 11.8 Å². The third-order valence-corrected chi connectivity index (χ3v) is 5.59. The van der Waals surface area contributed by atoms with E-state index < -0.39 is 5.41 Å². The average Bonchev–Trinajstić information content (AvgIpc) is 3.02. The fraction of sp³-hybridized carbons (Fsp3) is 0.190. The van der Waals surface area contributed by atoms with Gasteiger partial charge in [0.2, 0.25) is 5.91 Å². The van der Waals surface area contributed by atoms with Gasteiger partial charge in [-0.15, -0.1) is 0 Å². The molecule has 1 fully saturated rings. The zero-order valence-corrected chi connectivity index (χ0v) is 14.1. The van der Waals surface area contributed by atoms with E-state index in [4.69, 9.17) is 0 Å². The maximum atomic E-state index is 13.5. The molecule has 2 aromatic carbocycles. The molecule has 1 N–H and O–H groups in total. The van der Waals surface area contributed by atoms with Gasteiger partial charge >= 0.3 is 0 Å². The summed E-state index contributed by atoms with van der Waals surface area (Å²) in [5.74, 6) is -0.0765. The summed E-state index contributed by atoms with van der Waals surface area (Å²) in [7, 11) is 0. The molecule has 1 spiro atoms. The van der Waals surface area contributed by atoms with E-state index in [1.54, 1.807) is 12.3 Å². The number of fused-ring (bicyclic) bond motifs is 3. The Bertz CT molecular complexity index is 1060. The van der Waals surface area contributed by atoms with Crippen LogP contribution in [-0.2, 0) is 10.2 Å². The van der Waals surface area contributed by atoms with Crippen LogP contribution in [0.5, 0.6) is 0 Å². The number of carbonyl (C=O) groups is 2. The lowest BCUT2D eigenvalue weighted by molar-refractivity contribution is -0.121. The SMILES string of the molecule is O=C1NCC2(CCN(c3cncc4ccccc34)C2=O)c2ccccc21. The number of carbonyl (C=O) groups excluding carboxylic acids is 2. The van der Waals surface area contributed by atoms with Gasteiger partial charge < -0.3 is 10.2 Å². The first-order valence-corrected chi connectivity index (χ1v) is 8.73. The minimum absolute atomic E-state index is 0.0307. The number of pyridine rings is 1. The van der Waals surface area contributed by atoms with Crippen molar-refractivity contribution in [2.75, 3.05) is 18.0 Å². The van der Waals surface area contributed by atoms with E-state index in [0.717, 1.165) is 22.0 Å². The van der Waals surface area contributed by atoms with Crippen molar-refractivity contribution in [3.8, 4) is 0 Å². The fourth-order valence-electron chi connectivity index (χ4n) is 4.25. The first kappa shape index (κ1) is 15.1. The first-order chi connectivity index (χ1) is 12.7. The van der Waals surface area contributed by atoms with Crippen LogP contribution in [0.3, 0.4) is 0 Å². The Morgan fingerprint density at radius 3 is 2.73 bits per heavy atom. The first-order valence-electron chi connectivity index (χ1n) is 8.73. The van der Waals surface area contributed by atoms with Crippen molar-refractivity contribution in [3.63, 3.8) is 0 Å². The number of hydrogen-bond donors (Lipinski definition) is 1. The highest BCUT2D eigenvalue weighted by molar-refractivity contribution is 6.11. The van der Waals surface area contributed by atoms with E-state index in [-0.39, 0.29) is 11.8 Å². The van der Waals surface area contributed by atoms with Crippen LogP contribution in [0.15, 0.2) is 60.9 Å². The van der Waals surface area contributed by atoms with E-state index in [0.29, 0.717) is 25.1 Å². The lowest BCUT2D eigenvalue weighted by atomic mass is 9.74. The molecule has 0 saturated carbocycles. The zero-order chi connectivity index (χ0) is 17.7. The number of nitrogens with one attached hydrogen (secondary N) is 1. The number of amides is 2. The summed E-state index contributed by atoms with van der Waals surface area (Å²) in [6.07, 6.45) is 4.24. The Balaban J connectivity index is 1.64. The highest BCUT2D eigenvalue weighted by Crippen LogP contribution is 2.42. The standard InChI is InChI=1S/C21H17N3O2/c25-19-16-7-3-4-8-17(16)21(13-23-19)9-10-24(20(21)26)18-12-22-11-14-5-1-2-6-15(14)18/h1-8,11-12H,9-10,13H2,(H,23,25). The van der Waals surface area contributed by atoms with Crippen LogP contribution < -0.4 is 10.2 Å². The van der Waals surface area contributed by atoms with E-state index in [9.17, 15) is 9.59 Å². The van der Waals surface area contributed by atoms with Gasteiger partial charge in [-0.25, -0.2) is 0 Å². The Hall–Kier alpha value is -3.21. The molecule has 2 aliphatic rings. The molecule has 26 heavy (non-hydrogen) atoms. The summed E-state index contributed by atoms with van der Waals surface area (Å²) in [6.45, 7) is 0.953. The van der Waals surface area contributed by atoms with Crippen molar-refractivity contribution in [2.24, 2.45) is 0 Å². The zero-order valence-electron chi connectivity index (χ0n) is 14.1. The monoisotopic (exact) mass is 343 g/mol. The van der Waals surface area contributed by atoms with Crippen LogP contribution in [0.1, 0.15) is 22.3 Å². The molecule has 0 aliphatic carbocycles. The van der Waals surface area contributed by atoms with Crippen LogP contribution in [0.2, 0.25) is 0 Å². The number of anilines is 1. The molecule has 1 saturated heterocycles. The van der Waals surface area contributed by atoms with Gasteiger partial charge in [0.15, 0.2) is 0 Å². The van der Waals surface area contributed by atoms with E-state index >= 15 is 0 Å². The molecule has 2 amide bonds. The van der Waals surface area contributed by atoms with Gasteiger partial charge in [-0.3, -0.25) is 14.6 Å². The largest absolute Gasteiger partial charge is 0.351 e. The summed E-state index contributed by atoms with van der Waals surface area (Å²) in [4.78, 5) is 31.9. The minimum Gasteiger partial charge on any atom is -0.351 e. The lowest BCUT2D eigenvalue weighted by Crippen LogP contribution is -2.51. The van der Waals surface area contributed by atoms with Crippen LogP contribution in [-0.4, -0.2) is 29.9 Å². The molecule has 5 heteroatoms. The summed E-state index contributed by atoms with van der Waals surface area (Å²) in [5.41, 5.74) is 1.58. The highest BCUT2D eigenvalue weighted by atomic mass is 16.2. The summed E-state index contributed by atoms with van der Waals surface area (Å²) >= 11 is 0. The van der Waals surface area contributed by atoms with Crippen LogP contribution in [0, 0.1) is 0 Å². The third-order valence-electron chi connectivity index (χ3n) is 5.59.